The lowest BCUT2D eigenvalue weighted by atomic mass is 10.2. The molecule has 0 aliphatic carbocycles. The van der Waals surface area contributed by atoms with Gasteiger partial charge in [0.2, 0.25) is 0 Å². The second kappa shape index (κ2) is 11.5. The van der Waals surface area contributed by atoms with Crippen LogP contribution < -0.4 is 14.8 Å². The Morgan fingerprint density at radius 3 is 2.53 bits per heavy atom. The normalized spacial score (nSPS) is 10.8. The maximum atomic E-state index is 13.1. The number of anilines is 1. The molecule has 1 amide bonds. The summed E-state index contributed by atoms with van der Waals surface area (Å²) >= 11 is 2.14. The van der Waals surface area contributed by atoms with Crippen LogP contribution in [0.25, 0.3) is 0 Å². The Bertz CT molecular complexity index is 1090. The summed E-state index contributed by atoms with van der Waals surface area (Å²) in [7, 11) is 1.54. The smallest absolute Gasteiger partial charge is 0.265 e. The number of nitrogens with one attached hydrogen (secondary N) is 1. The van der Waals surface area contributed by atoms with Crippen LogP contribution in [0.2, 0.25) is 0 Å². The van der Waals surface area contributed by atoms with Crippen molar-refractivity contribution in [3.05, 3.63) is 86.7 Å². The average molecular weight is 548 g/mol. The van der Waals surface area contributed by atoms with Crippen molar-refractivity contribution in [1.82, 2.24) is 0 Å². The summed E-state index contributed by atoms with van der Waals surface area (Å²) in [5.74, 6) is 0.507. The Morgan fingerprint density at radius 2 is 1.84 bits per heavy atom. The Hall–Kier alpha value is -3.14. The van der Waals surface area contributed by atoms with Gasteiger partial charge in [-0.1, -0.05) is 35.0 Å². The summed E-state index contributed by atoms with van der Waals surface area (Å²) in [6.45, 7) is 2.04. The van der Waals surface area contributed by atoms with Crippen molar-refractivity contribution in [1.29, 1.82) is 0 Å². The molecule has 0 saturated heterocycles. The topological polar surface area (TPSA) is 69.2 Å². The number of nitrogens with zero attached hydrogens (tertiary/aromatic N) is 1. The van der Waals surface area contributed by atoms with Crippen LogP contribution in [0.4, 0.5) is 10.1 Å². The van der Waals surface area contributed by atoms with Crippen molar-refractivity contribution < 1.29 is 23.5 Å². The minimum Gasteiger partial charge on any atom is -0.493 e. The molecule has 6 nitrogen and oxygen atoms in total. The van der Waals surface area contributed by atoms with Crippen LogP contribution in [0, 0.1) is 16.3 Å². The second-order valence-electron chi connectivity index (χ2n) is 6.87. The van der Waals surface area contributed by atoms with E-state index in [-0.39, 0.29) is 24.9 Å². The van der Waals surface area contributed by atoms with Crippen molar-refractivity contribution in [2.75, 3.05) is 19.0 Å². The van der Waals surface area contributed by atoms with Gasteiger partial charge in [-0.05, 0) is 71.5 Å². The molecule has 0 saturated carbocycles. The van der Waals surface area contributed by atoms with E-state index in [0.717, 1.165) is 20.3 Å². The largest absolute Gasteiger partial charge is 0.493 e. The van der Waals surface area contributed by atoms with E-state index in [4.69, 9.17) is 14.3 Å². The van der Waals surface area contributed by atoms with Gasteiger partial charge >= 0.3 is 0 Å². The standard InChI is InChI=1S/C24H22FIN2O4/c1-16-3-9-20(10-4-16)28-23(29)15-32-27-13-18-11-21(26)24(22(12-18)30-2)31-14-17-5-7-19(25)8-6-17/h3-13H,14-15H2,1-2H3,(H,28,29)/b27-13+. The summed E-state index contributed by atoms with van der Waals surface area (Å²) in [5.41, 5.74) is 3.37. The monoisotopic (exact) mass is 548 g/mol. The molecule has 3 aromatic carbocycles. The molecule has 0 aromatic heterocycles. The van der Waals surface area contributed by atoms with E-state index >= 15 is 0 Å². The first-order valence-corrected chi connectivity index (χ1v) is 10.8. The van der Waals surface area contributed by atoms with Crippen LogP contribution in [0.15, 0.2) is 65.8 Å². The first-order chi connectivity index (χ1) is 15.4. The lowest BCUT2D eigenvalue weighted by Gasteiger charge is -2.13. The third-order valence-corrected chi connectivity index (χ3v) is 5.16. The van der Waals surface area contributed by atoms with Crippen molar-refractivity contribution in [3.8, 4) is 11.5 Å². The molecule has 0 spiro atoms. The molecule has 8 heteroatoms. The zero-order valence-electron chi connectivity index (χ0n) is 17.6. The molecule has 166 valence electrons. The van der Waals surface area contributed by atoms with Crippen LogP contribution in [0.5, 0.6) is 11.5 Å². The first kappa shape index (κ1) is 23.5. The van der Waals surface area contributed by atoms with Gasteiger partial charge in [0.15, 0.2) is 18.1 Å². The highest BCUT2D eigenvalue weighted by Crippen LogP contribution is 2.34. The summed E-state index contributed by atoms with van der Waals surface area (Å²) in [4.78, 5) is 17.1. The predicted molar refractivity (Wildman–Crippen MR) is 130 cm³/mol. The molecule has 0 unspecified atom stereocenters. The van der Waals surface area contributed by atoms with Crippen molar-refractivity contribution >= 4 is 40.4 Å². The lowest BCUT2D eigenvalue weighted by molar-refractivity contribution is -0.120. The van der Waals surface area contributed by atoms with Gasteiger partial charge in [-0.3, -0.25) is 4.79 Å². The van der Waals surface area contributed by atoms with Gasteiger partial charge in [-0.2, -0.15) is 0 Å². The Labute approximate surface area is 199 Å². The van der Waals surface area contributed by atoms with E-state index < -0.39 is 0 Å². The molecule has 1 N–H and O–H groups in total. The fraction of sp³-hybridized carbons (Fsp3) is 0.167. The number of aryl methyl sites for hydroxylation is 1. The predicted octanol–water partition coefficient (Wildman–Crippen LogP) is 5.32. The van der Waals surface area contributed by atoms with Gasteiger partial charge in [0.05, 0.1) is 16.9 Å². The maximum absolute atomic E-state index is 13.1. The molecule has 0 heterocycles. The Balaban J connectivity index is 1.56. The number of ether oxygens (including phenoxy) is 2. The molecular weight excluding hydrogens is 526 g/mol. The van der Waals surface area contributed by atoms with Gasteiger partial charge in [-0.15, -0.1) is 0 Å². The number of hydrogen-bond acceptors (Lipinski definition) is 5. The highest BCUT2D eigenvalue weighted by molar-refractivity contribution is 14.1. The highest BCUT2D eigenvalue weighted by Gasteiger charge is 2.12. The zero-order valence-corrected chi connectivity index (χ0v) is 19.8. The molecule has 0 fully saturated rings. The molecule has 32 heavy (non-hydrogen) atoms. The number of hydrogen-bond donors (Lipinski definition) is 1. The quantitative estimate of drug-likeness (QED) is 0.224. The number of methoxy groups -OCH3 is 1. The SMILES string of the molecule is COc1cc(/C=N/OCC(=O)Nc2ccc(C)cc2)cc(I)c1OCc1ccc(F)cc1. The second-order valence-corrected chi connectivity index (χ2v) is 8.03. The van der Waals surface area contributed by atoms with Crippen LogP contribution in [0.1, 0.15) is 16.7 Å². The van der Waals surface area contributed by atoms with Gasteiger partial charge in [-0.25, -0.2) is 4.39 Å². The van der Waals surface area contributed by atoms with Crippen LogP contribution >= 0.6 is 22.6 Å². The Kier molecular flexibility index (Phi) is 8.43. The van der Waals surface area contributed by atoms with Crippen molar-refractivity contribution in [3.63, 3.8) is 0 Å². The number of carbonyl (C=O) groups excluding carboxylic acids is 1. The number of amides is 1. The van der Waals surface area contributed by atoms with Gasteiger partial charge in [0, 0.05) is 11.3 Å². The fourth-order valence-electron chi connectivity index (χ4n) is 2.72. The van der Waals surface area contributed by atoms with E-state index in [9.17, 15) is 9.18 Å². The average Bonchev–Trinajstić information content (AvgIpc) is 2.78. The molecule has 0 radical (unpaired) electrons. The molecule has 0 aliphatic heterocycles. The molecular formula is C24H22FIN2O4. The van der Waals surface area contributed by atoms with Crippen LogP contribution in [-0.2, 0) is 16.2 Å². The molecule has 0 bridgehead atoms. The van der Waals surface area contributed by atoms with Gasteiger partial charge < -0.3 is 19.6 Å². The first-order valence-electron chi connectivity index (χ1n) is 9.71. The summed E-state index contributed by atoms with van der Waals surface area (Å²) < 4.78 is 25.2. The molecule has 3 rings (SSSR count). The van der Waals surface area contributed by atoms with Crippen LogP contribution in [0.3, 0.4) is 0 Å². The number of halogens is 2. The fourth-order valence-corrected chi connectivity index (χ4v) is 3.50. The minimum absolute atomic E-state index is 0.211. The summed E-state index contributed by atoms with van der Waals surface area (Å²) in [6, 6.07) is 17.2. The van der Waals surface area contributed by atoms with E-state index in [1.54, 1.807) is 25.3 Å². The molecule has 0 aliphatic rings. The van der Waals surface area contributed by atoms with E-state index in [2.05, 4.69) is 33.1 Å². The third kappa shape index (κ3) is 6.94. The highest BCUT2D eigenvalue weighted by atomic mass is 127. The number of rotatable bonds is 9. The van der Waals surface area contributed by atoms with Gasteiger partial charge in [0.1, 0.15) is 12.4 Å². The third-order valence-electron chi connectivity index (χ3n) is 4.36. The van der Waals surface area contributed by atoms with Crippen molar-refractivity contribution in [2.45, 2.75) is 13.5 Å². The summed E-state index contributed by atoms with van der Waals surface area (Å²) in [5, 5.41) is 6.60. The minimum atomic E-state index is -0.303. The number of carbonyl (C=O) groups is 1. The number of oxime groups is 1. The summed E-state index contributed by atoms with van der Waals surface area (Å²) in [6.07, 6.45) is 1.49. The van der Waals surface area contributed by atoms with Gasteiger partial charge in [0.25, 0.3) is 5.91 Å². The van der Waals surface area contributed by atoms with Crippen LogP contribution in [-0.4, -0.2) is 25.8 Å². The lowest BCUT2D eigenvalue weighted by Crippen LogP contribution is -2.16. The van der Waals surface area contributed by atoms with E-state index in [0.29, 0.717) is 17.2 Å². The maximum Gasteiger partial charge on any atom is 0.265 e. The molecule has 0 atom stereocenters. The Morgan fingerprint density at radius 1 is 1.12 bits per heavy atom. The van der Waals surface area contributed by atoms with E-state index in [1.807, 2.05) is 37.3 Å². The molecule has 3 aromatic rings. The van der Waals surface area contributed by atoms with E-state index in [1.165, 1.54) is 18.3 Å². The zero-order chi connectivity index (χ0) is 22.9. The van der Waals surface area contributed by atoms with Crippen molar-refractivity contribution in [2.24, 2.45) is 5.16 Å². The number of benzene rings is 3.